The molecule has 1 aliphatic heterocycles. The number of aromatic amines is 1. The molecule has 0 saturated carbocycles. The van der Waals surface area contributed by atoms with Gasteiger partial charge in [0.15, 0.2) is 5.69 Å². The van der Waals surface area contributed by atoms with Crippen LogP contribution >= 0.6 is 0 Å². The molecule has 0 spiro atoms. The SMILES string of the molecule is Cc1cc(CC(=O)N2CCc3c(C(=O)NCc4cnc5ccccn45)n[nH]c3C2)on1. The van der Waals surface area contributed by atoms with Crippen molar-refractivity contribution in [3.05, 3.63) is 70.8 Å². The molecule has 5 rings (SSSR count). The Bertz CT molecular complexity index is 1270. The molecule has 2 N–H and O–H groups in total. The fourth-order valence-electron chi connectivity index (χ4n) is 3.85. The molecule has 4 aromatic rings. The third kappa shape index (κ3) is 3.67. The number of nitrogens with zero attached hydrogens (tertiary/aromatic N) is 5. The zero-order valence-corrected chi connectivity index (χ0v) is 17.0. The zero-order chi connectivity index (χ0) is 21.4. The highest BCUT2D eigenvalue weighted by Crippen LogP contribution is 2.21. The van der Waals surface area contributed by atoms with E-state index in [1.807, 2.05) is 35.7 Å². The molecule has 158 valence electrons. The Labute approximate surface area is 177 Å². The lowest BCUT2D eigenvalue weighted by molar-refractivity contribution is -0.131. The maximum atomic E-state index is 12.7. The highest BCUT2D eigenvalue weighted by Gasteiger charge is 2.28. The summed E-state index contributed by atoms with van der Waals surface area (Å²) in [4.78, 5) is 31.4. The number of imidazole rings is 1. The summed E-state index contributed by atoms with van der Waals surface area (Å²) in [6.45, 7) is 3.06. The Kier molecular flexibility index (Phi) is 4.73. The Morgan fingerprint density at radius 1 is 1.32 bits per heavy atom. The van der Waals surface area contributed by atoms with E-state index in [1.165, 1.54) is 0 Å². The standard InChI is InChI=1S/C21H21N7O3/c1-13-8-15(31-26-13)9-19(29)27-7-5-16-17(12-27)24-25-20(16)21(30)23-11-14-10-22-18-4-2-3-6-28(14)18/h2-4,6,8,10H,5,7,9,11-12H2,1H3,(H,23,30)(H,24,25). The quantitative estimate of drug-likeness (QED) is 0.504. The van der Waals surface area contributed by atoms with Gasteiger partial charge in [-0.3, -0.25) is 14.7 Å². The largest absolute Gasteiger partial charge is 0.361 e. The maximum absolute atomic E-state index is 12.7. The number of aromatic nitrogens is 5. The van der Waals surface area contributed by atoms with Crippen LogP contribution in [0.2, 0.25) is 0 Å². The van der Waals surface area contributed by atoms with E-state index in [4.69, 9.17) is 4.52 Å². The maximum Gasteiger partial charge on any atom is 0.272 e. The first-order chi connectivity index (χ1) is 15.1. The van der Waals surface area contributed by atoms with Gasteiger partial charge in [-0.1, -0.05) is 11.2 Å². The lowest BCUT2D eigenvalue weighted by Gasteiger charge is -2.26. The fourth-order valence-corrected chi connectivity index (χ4v) is 3.85. The van der Waals surface area contributed by atoms with Gasteiger partial charge in [-0.05, 0) is 25.5 Å². The van der Waals surface area contributed by atoms with Gasteiger partial charge in [0.2, 0.25) is 5.91 Å². The molecule has 0 radical (unpaired) electrons. The van der Waals surface area contributed by atoms with Gasteiger partial charge in [-0.25, -0.2) is 4.98 Å². The van der Waals surface area contributed by atoms with Crippen LogP contribution in [0.15, 0.2) is 41.2 Å². The van der Waals surface area contributed by atoms with Gasteiger partial charge in [-0.2, -0.15) is 5.10 Å². The Hall–Kier alpha value is -3.95. The van der Waals surface area contributed by atoms with Crippen LogP contribution in [0.1, 0.15) is 38.9 Å². The molecule has 0 aromatic carbocycles. The predicted molar refractivity (Wildman–Crippen MR) is 109 cm³/mol. The molecule has 5 heterocycles. The highest BCUT2D eigenvalue weighted by atomic mass is 16.5. The first kappa shape index (κ1) is 19.0. The molecule has 0 unspecified atom stereocenters. The minimum atomic E-state index is -0.250. The summed E-state index contributed by atoms with van der Waals surface area (Å²) in [6.07, 6.45) is 4.38. The summed E-state index contributed by atoms with van der Waals surface area (Å²) in [7, 11) is 0. The summed E-state index contributed by atoms with van der Waals surface area (Å²) < 4.78 is 7.07. The molecule has 0 saturated heterocycles. The third-order valence-corrected chi connectivity index (χ3v) is 5.43. The number of H-pyrrole nitrogens is 1. The monoisotopic (exact) mass is 419 g/mol. The number of hydrogen-bond donors (Lipinski definition) is 2. The molecule has 0 fully saturated rings. The van der Waals surface area contributed by atoms with Gasteiger partial charge in [0, 0.05) is 24.4 Å². The Morgan fingerprint density at radius 3 is 3.06 bits per heavy atom. The van der Waals surface area contributed by atoms with Crippen LogP contribution < -0.4 is 5.32 Å². The average Bonchev–Trinajstić information content (AvgIpc) is 3.49. The smallest absolute Gasteiger partial charge is 0.272 e. The molecule has 4 aromatic heterocycles. The lowest BCUT2D eigenvalue weighted by atomic mass is 10.0. The van der Waals surface area contributed by atoms with Crippen LogP contribution in [-0.2, 0) is 30.7 Å². The fraction of sp³-hybridized carbons (Fsp3) is 0.286. The summed E-state index contributed by atoms with van der Waals surface area (Å²) in [5.74, 6) is 0.251. The molecule has 2 amide bonds. The van der Waals surface area contributed by atoms with Crippen molar-refractivity contribution in [2.75, 3.05) is 6.54 Å². The number of carbonyl (C=O) groups is 2. The zero-order valence-electron chi connectivity index (χ0n) is 17.0. The van der Waals surface area contributed by atoms with Crippen molar-refractivity contribution in [2.24, 2.45) is 0 Å². The minimum absolute atomic E-state index is 0.0463. The molecular weight excluding hydrogens is 398 g/mol. The van der Waals surface area contributed by atoms with E-state index in [-0.39, 0.29) is 18.2 Å². The van der Waals surface area contributed by atoms with E-state index in [2.05, 4.69) is 25.7 Å². The van der Waals surface area contributed by atoms with E-state index in [1.54, 1.807) is 17.2 Å². The van der Waals surface area contributed by atoms with Gasteiger partial charge in [0.25, 0.3) is 5.91 Å². The molecule has 10 nitrogen and oxygen atoms in total. The third-order valence-electron chi connectivity index (χ3n) is 5.43. The topological polar surface area (TPSA) is 121 Å². The van der Waals surface area contributed by atoms with E-state index >= 15 is 0 Å². The number of hydrogen-bond acceptors (Lipinski definition) is 6. The summed E-state index contributed by atoms with van der Waals surface area (Å²) in [5, 5.41) is 13.9. The van der Waals surface area contributed by atoms with Crippen molar-refractivity contribution in [1.82, 2.24) is 35.0 Å². The number of aryl methyl sites for hydroxylation is 1. The summed E-state index contributed by atoms with van der Waals surface area (Å²) in [5.41, 5.74) is 4.48. The number of pyridine rings is 1. The van der Waals surface area contributed by atoms with Crippen molar-refractivity contribution < 1.29 is 14.1 Å². The number of rotatable bonds is 5. The average molecular weight is 419 g/mol. The Balaban J connectivity index is 1.24. The molecule has 0 aliphatic carbocycles. The van der Waals surface area contributed by atoms with Gasteiger partial charge >= 0.3 is 0 Å². The van der Waals surface area contributed by atoms with Crippen LogP contribution in [-0.4, -0.2) is 48.0 Å². The minimum Gasteiger partial charge on any atom is -0.361 e. The van der Waals surface area contributed by atoms with Gasteiger partial charge in [-0.15, -0.1) is 0 Å². The van der Waals surface area contributed by atoms with E-state index < -0.39 is 0 Å². The van der Waals surface area contributed by atoms with Crippen LogP contribution in [0.5, 0.6) is 0 Å². The molecular formula is C21H21N7O3. The number of carbonyl (C=O) groups excluding carboxylic acids is 2. The van der Waals surface area contributed by atoms with Crippen LogP contribution in [0.25, 0.3) is 5.65 Å². The number of nitrogens with one attached hydrogen (secondary N) is 2. The number of fused-ring (bicyclic) bond motifs is 2. The van der Waals surface area contributed by atoms with Crippen molar-refractivity contribution in [3.8, 4) is 0 Å². The highest BCUT2D eigenvalue weighted by molar-refractivity contribution is 5.94. The normalized spacial score (nSPS) is 13.4. The van der Waals surface area contributed by atoms with Gasteiger partial charge < -0.3 is 19.1 Å². The van der Waals surface area contributed by atoms with E-state index in [0.29, 0.717) is 37.5 Å². The second-order valence-electron chi connectivity index (χ2n) is 7.57. The first-order valence-corrected chi connectivity index (χ1v) is 10.0. The second kappa shape index (κ2) is 7.71. The van der Waals surface area contributed by atoms with Crippen LogP contribution in [0.3, 0.4) is 0 Å². The van der Waals surface area contributed by atoms with Crippen molar-refractivity contribution in [1.29, 1.82) is 0 Å². The van der Waals surface area contributed by atoms with E-state index in [0.717, 1.165) is 28.3 Å². The van der Waals surface area contributed by atoms with Crippen LogP contribution in [0, 0.1) is 6.92 Å². The molecule has 0 bridgehead atoms. The van der Waals surface area contributed by atoms with Crippen molar-refractivity contribution in [2.45, 2.75) is 32.9 Å². The van der Waals surface area contributed by atoms with Crippen molar-refractivity contribution in [3.63, 3.8) is 0 Å². The number of amides is 2. The molecule has 0 atom stereocenters. The Morgan fingerprint density at radius 2 is 2.23 bits per heavy atom. The van der Waals surface area contributed by atoms with Crippen molar-refractivity contribution >= 4 is 17.5 Å². The van der Waals surface area contributed by atoms with Gasteiger partial charge in [0.1, 0.15) is 11.4 Å². The molecule has 1 aliphatic rings. The lowest BCUT2D eigenvalue weighted by Crippen LogP contribution is -2.37. The summed E-state index contributed by atoms with van der Waals surface area (Å²) >= 11 is 0. The van der Waals surface area contributed by atoms with E-state index in [9.17, 15) is 9.59 Å². The first-order valence-electron chi connectivity index (χ1n) is 10.0. The predicted octanol–water partition coefficient (Wildman–Crippen LogP) is 1.41. The molecule has 10 heteroatoms. The second-order valence-corrected chi connectivity index (χ2v) is 7.57. The molecule has 31 heavy (non-hydrogen) atoms. The van der Waals surface area contributed by atoms with Gasteiger partial charge in [0.05, 0.1) is 42.8 Å². The van der Waals surface area contributed by atoms with Crippen LogP contribution in [0.4, 0.5) is 0 Å². The summed E-state index contributed by atoms with van der Waals surface area (Å²) in [6, 6.07) is 7.50.